The van der Waals surface area contributed by atoms with Crippen LogP contribution in [0.4, 0.5) is 5.69 Å². The van der Waals surface area contributed by atoms with Crippen molar-refractivity contribution in [3.63, 3.8) is 0 Å². The highest BCUT2D eigenvalue weighted by Crippen LogP contribution is 2.25. The Hall–Kier alpha value is -1.68. The Bertz CT molecular complexity index is 501. The van der Waals surface area contributed by atoms with Crippen LogP contribution in [0.25, 0.3) is 10.9 Å². The van der Waals surface area contributed by atoms with Gasteiger partial charge in [0.25, 0.3) is 0 Å². The van der Waals surface area contributed by atoms with Gasteiger partial charge in [-0.05, 0) is 12.1 Å². The second-order valence-corrected chi connectivity index (χ2v) is 4.03. The summed E-state index contributed by atoms with van der Waals surface area (Å²) < 4.78 is 5.32. The topological polar surface area (TPSA) is 48.5 Å². The lowest BCUT2D eigenvalue weighted by Gasteiger charge is -2.28. The van der Waals surface area contributed by atoms with Crippen molar-refractivity contribution < 1.29 is 9.84 Å². The van der Waals surface area contributed by atoms with Crippen molar-refractivity contribution >= 4 is 16.6 Å². The number of H-pyrrole nitrogens is 1. The van der Waals surface area contributed by atoms with E-state index in [2.05, 4.69) is 22.0 Å². The summed E-state index contributed by atoms with van der Waals surface area (Å²) in [6.07, 6.45) is 0. The van der Waals surface area contributed by atoms with Crippen LogP contribution >= 0.6 is 0 Å². The van der Waals surface area contributed by atoms with Crippen LogP contribution in [0, 0.1) is 0 Å². The van der Waals surface area contributed by atoms with Crippen LogP contribution in [0.15, 0.2) is 24.3 Å². The number of morpholine rings is 1. The molecule has 4 heteroatoms. The lowest BCUT2D eigenvalue weighted by atomic mass is 10.2. The van der Waals surface area contributed by atoms with Gasteiger partial charge in [-0.15, -0.1) is 0 Å². The van der Waals surface area contributed by atoms with Gasteiger partial charge in [0, 0.05) is 30.2 Å². The van der Waals surface area contributed by atoms with Crippen molar-refractivity contribution in [2.24, 2.45) is 0 Å². The van der Waals surface area contributed by atoms with Crippen molar-refractivity contribution in [2.75, 3.05) is 31.2 Å². The van der Waals surface area contributed by atoms with E-state index in [0.29, 0.717) is 0 Å². The van der Waals surface area contributed by atoms with E-state index in [1.165, 1.54) is 5.69 Å². The smallest absolute Gasteiger partial charge is 0.189 e. The number of hydrogen-bond donors (Lipinski definition) is 2. The highest BCUT2D eigenvalue weighted by molar-refractivity contribution is 5.84. The normalized spacial score (nSPS) is 16.9. The second kappa shape index (κ2) is 3.72. The molecule has 1 saturated heterocycles. The van der Waals surface area contributed by atoms with Crippen LogP contribution in [-0.2, 0) is 4.74 Å². The van der Waals surface area contributed by atoms with Gasteiger partial charge < -0.3 is 19.7 Å². The molecule has 1 aliphatic heterocycles. The van der Waals surface area contributed by atoms with Crippen LogP contribution in [0.5, 0.6) is 5.88 Å². The third-order valence-electron chi connectivity index (χ3n) is 2.97. The summed E-state index contributed by atoms with van der Waals surface area (Å²) in [6.45, 7) is 3.43. The minimum Gasteiger partial charge on any atom is -0.495 e. The highest BCUT2D eigenvalue weighted by atomic mass is 16.5. The molecule has 1 aromatic carbocycles. The first kappa shape index (κ1) is 9.54. The zero-order chi connectivity index (χ0) is 11.0. The molecule has 1 aliphatic rings. The van der Waals surface area contributed by atoms with Gasteiger partial charge in [0.1, 0.15) is 0 Å². The first-order chi connectivity index (χ1) is 7.83. The van der Waals surface area contributed by atoms with Gasteiger partial charge in [0.2, 0.25) is 0 Å². The fourth-order valence-electron chi connectivity index (χ4n) is 2.12. The summed E-state index contributed by atoms with van der Waals surface area (Å²) >= 11 is 0. The molecule has 16 heavy (non-hydrogen) atoms. The quantitative estimate of drug-likeness (QED) is 0.766. The third kappa shape index (κ3) is 1.61. The molecule has 0 unspecified atom stereocenters. The molecule has 2 heterocycles. The highest BCUT2D eigenvalue weighted by Gasteiger charge is 2.11. The van der Waals surface area contributed by atoms with Crippen molar-refractivity contribution in [3.05, 3.63) is 24.3 Å². The van der Waals surface area contributed by atoms with Crippen LogP contribution < -0.4 is 4.90 Å². The van der Waals surface area contributed by atoms with Crippen molar-refractivity contribution in [1.82, 2.24) is 4.98 Å². The summed E-state index contributed by atoms with van der Waals surface area (Å²) in [5, 5.41) is 10.4. The predicted octanol–water partition coefficient (Wildman–Crippen LogP) is 1.71. The van der Waals surface area contributed by atoms with E-state index in [4.69, 9.17) is 4.74 Å². The molecular formula is C12H14N2O2. The number of nitrogens with zero attached hydrogens (tertiary/aromatic N) is 1. The van der Waals surface area contributed by atoms with Crippen LogP contribution in [0.3, 0.4) is 0 Å². The molecule has 0 spiro atoms. The summed E-state index contributed by atoms with van der Waals surface area (Å²) in [7, 11) is 0. The number of aromatic hydroxyl groups is 1. The van der Waals surface area contributed by atoms with Gasteiger partial charge in [-0.2, -0.15) is 0 Å². The number of nitrogens with one attached hydrogen (secondary N) is 1. The van der Waals surface area contributed by atoms with Gasteiger partial charge >= 0.3 is 0 Å². The Morgan fingerprint density at radius 1 is 1.19 bits per heavy atom. The van der Waals surface area contributed by atoms with Gasteiger partial charge in [-0.25, -0.2) is 0 Å². The largest absolute Gasteiger partial charge is 0.495 e. The molecule has 0 radical (unpaired) electrons. The standard InChI is InChI=1S/C12H14N2O2/c15-12-7-9-1-2-10(8-11(9)13-12)14-3-5-16-6-4-14/h1-2,7-8,13,15H,3-6H2. The number of aromatic nitrogens is 1. The van der Waals surface area contributed by atoms with E-state index in [0.717, 1.165) is 37.2 Å². The molecule has 0 bridgehead atoms. The van der Waals surface area contributed by atoms with E-state index in [-0.39, 0.29) is 5.88 Å². The maximum absolute atomic E-state index is 9.37. The van der Waals surface area contributed by atoms with Crippen molar-refractivity contribution in [2.45, 2.75) is 0 Å². The number of hydrogen-bond acceptors (Lipinski definition) is 3. The Balaban J connectivity index is 1.97. The molecule has 1 aromatic heterocycles. The SMILES string of the molecule is Oc1cc2ccc(N3CCOCC3)cc2[nH]1. The number of fused-ring (bicyclic) bond motifs is 1. The molecular weight excluding hydrogens is 204 g/mol. The minimum atomic E-state index is 0.217. The number of rotatable bonds is 1. The van der Waals surface area contributed by atoms with Gasteiger partial charge in [-0.1, -0.05) is 6.07 Å². The summed E-state index contributed by atoms with van der Waals surface area (Å²) in [4.78, 5) is 5.23. The molecule has 3 rings (SSSR count). The van der Waals surface area contributed by atoms with Crippen molar-refractivity contribution in [1.29, 1.82) is 0 Å². The van der Waals surface area contributed by atoms with E-state index in [1.807, 2.05) is 6.07 Å². The van der Waals surface area contributed by atoms with E-state index < -0.39 is 0 Å². The Kier molecular flexibility index (Phi) is 2.22. The lowest BCUT2D eigenvalue weighted by molar-refractivity contribution is 0.122. The molecule has 0 atom stereocenters. The fourth-order valence-corrected chi connectivity index (χ4v) is 2.12. The summed E-state index contributed by atoms with van der Waals surface area (Å²) in [5.41, 5.74) is 2.15. The number of anilines is 1. The van der Waals surface area contributed by atoms with Crippen LogP contribution in [0.1, 0.15) is 0 Å². The van der Waals surface area contributed by atoms with Gasteiger partial charge in [0.15, 0.2) is 5.88 Å². The fraction of sp³-hybridized carbons (Fsp3) is 0.333. The van der Waals surface area contributed by atoms with E-state index in [1.54, 1.807) is 6.07 Å². The molecule has 2 aromatic rings. The maximum atomic E-state index is 9.37. The first-order valence-electron chi connectivity index (χ1n) is 5.47. The monoisotopic (exact) mass is 218 g/mol. The molecule has 0 saturated carbocycles. The van der Waals surface area contributed by atoms with Gasteiger partial charge in [0.05, 0.1) is 18.7 Å². The number of aromatic amines is 1. The Morgan fingerprint density at radius 2 is 2.00 bits per heavy atom. The Morgan fingerprint density at radius 3 is 2.81 bits per heavy atom. The van der Waals surface area contributed by atoms with Crippen molar-refractivity contribution in [3.8, 4) is 5.88 Å². The molecule has 84 valence electrons. The molecule has 4 nitrogen and oxygen atoms in total. The maximum Gasteiger partial charge on any atom is 0.189 e. The second-order valence-electron chi connectivity index (χ2n) is 4.03. The average molecular weight is 218 g/mol. The first-order valence-corrected chi connectivity index (χ1v) is 5.47. The van der Waals surface area contributed by atoms with E-state index >= 15 is 0 Å². The molecule has 0 amide bonds. The number of ether oxygens (including phenoxy) is 1. The lowest BCUT2D eigenvalue weighted by Crippen LogP contribution is -2.36. The van der Waals surface area contributed by atoms with Crippen LogP contribution in [-0.4, -0.2) is 36.4 Å². The third-order valence-corrected chi connectivity index (χ3v) is 2.97. The summed E-state index contributed by atoms with van der Waals surface area (Å²) in [5.74, 6) is 0.217. The minimum absolute atomic E-state index is 0.217. The van der Waals surface area contributed by atoms with Gasteiger partial charge in [-0.3, -0.25) is 0 Å². The molecule has 2 N–H and O–H groups in total. The zero-order valence-corrected chi connectivity index (χ0v) is 8.94. The molecule has 0 aliphatic carbocycles. The van der Waals surface area contributed by atoms with E-state index in [9.17, 15) is 5.11 Å². The van der Waals surface area contributed by atoms with Crippen LogP contribution in [0.2, 0.25) is 0 Å². The molecule has 1 fully saturated rings. The predicted molar refractivity (Wildman–Crippen MR) is 63.0 cm³/mol. The Labute approximate surface area is 93.4 Å². The zero-order valence-electron chi connectivity index (χ0n) is 8.94. The summed E-state index contributed by atoms with van der Waals surface area (Å²) in [6, 6.07) is 7.91. The average Bonchev–Trinajstić information content (AvgIpc) is 2.69. The number of benzene rings is 1.